The van der Waals surface area contributed by atoms with Gasteiger partial charge in [-0.05, 0) is 48.0 Å². The predicted octanol–water partition coefficient (Wildman–Crippen LogP) is 5.55. The number of aromatic nitrogens is 3. The van der Waals surface area contributed by atoms with E-state index in [4.69, 9.17) is 16.6 Å². The van der Waals surface area contributed by atoms with Crippen LogP contribution in [0.5, 0.6) is 0 Å². The van der Waals surface area contributed by atoms with E-state index in [2.05, 4.69) is 9.88 Å². The number of benzene rings is 3. The molecule has 6 nitrogen and oxygen atoms in total. The molecule has 180 valence electrons. The van der Waals surface area contributed by atoms with Gasteiger partial charge in [-0.2, -0.15) is 0 Å². The van der Waals surface area contributed by atoms with E-state index >= 15 is 0 Å². The molecule has 6 rings (SSSR count). The maximum Gasteiger partial charge on any atom is 0.268 e. The summed E-state index contributed by atoms with van der Waals surface area (Å²) in [5.41, 5.74) is 4.76. The molecule has 0 saturated heterocycles. The molecule has 0 radical (unpaired) electrons. The largest absolute Gasteiger partial charge is 0.294 e. The minimum absolute atomic E-state index is 0.276. The second-order valence-corrected chi connectivity index (χ2v) is 11.2. The van der Waals surface area contributed by atoms with Gasteiger partial charge in [-0.25, -0.2) is 22.4 Å². The zero-order valence-corrected chi connectivity index (χ0v) is 21.0. The van der Waals surface area contributed by atoms with Crippen LogP contribution in [0.1, 0.15) is 16.8 Å². The smallest absolute Gasteiger partial charge is 0.268 e. The number of halogens is 1. The Bertz CT molecular complexity index is 1670. The highest BCUT2D eigenvalue weighted by Crippen LogP contribution is 2.29. The number of nitrogens with zero attached hydrogens (tertiary/aromatic N) is 4. The molecule has 3 heterocycles. The third kappa shape index (κ3) is 4.19. The summed E-state index contributed by atoms with van der Waals surface area (Å²) in [4.78, 5) is 12.0. The molecule has 1 aliphatic heterocycles. The molecule has 0 saturated carbocycles. The van der Waals surface area contributed by atoms with Gasteiger partial charge in [-0.1, -0.05) is 48.0 Å². The topological polar surface area (TPSA) is 68.1 Å². The highest BCUT2D eigenvalue weighted by Gasteiger charge is 2.24. The lowest BCUT2D eigenvalue weighted by Crippen LogP contribution is -2.31. The number of rotatable bonds is 5. The number of para-hydroxylation sites is 1. The van der Waals surface area contributed by atoms with Gasteiger partial charge in [0.25, 0.3) is 10.0 Å². The van der Waals surface area contributed by atoms with Gasteiger partial charge in [0.05, 0.1) is 16.1 Å². The van der Waals surface area contributed by atoms with Gasteiger partial charge in [-0.3, -0.25) is 4.90 Å². The summed E-state index contributed by atoms with van der Waals surface area (Å²) in [6.07, 6.45) is 4.48. The van der Waals surface area contributed by atoms with E-state index < -0.39 is 10.0 Å². The van der Waals surface area contributed by atoms with E-state index in [-0.39, 0.29) is 4.90 Å². The van der Waals surface area contributed by atoms with Crippen molar-refractivity contribution in [1.82, 2.24) is 18.8 Å². The van der Waals surface area contributed by atoms with Crippen molar-refractivity contribution in [3.05, 3.63) is 113 Å². The van der Waals surface area contributed by atoms with Gasteiger partial charge in [0.15, 0.2) is 5.82 Å². The second-order valence-electron chi connectivity index (χ2n) is 8.92. The fourth-order valence-corrected chi connectivity index (χ4v) is 6.28. The standard InChI is InChI=1S/C28H23ClN4O2S/c29-23-12-10-20(11-13-23)28-30-16-21-17-32(15-14-26(21)31-28)18-22-19-33(27-9-5-4-8-25(22)27)36(34,35)24-6-2-1-3-7-24/h1-13,16,19H,14-15,17-18H2. The van der Waals surface area contributed by atoms with Crippen molar-refractivity contribution >= 4 is 32.5 Å². The first-order chi connectivity index (χ1) is 17.5. The zero-order valence-electron chi connectivity index (χ0n) is 19.4. The van der Waals surface area contributed by atoms with Crippen LogP contribution in [-0.4, -0.2) is 33.8 Å². The average Bonchev–Trinajstić information content (AvgIpc) is 3.28. The maximum absolute atomic E-state index is 13.4. The number of hydrogen-bond donors (Lipinski definition) is 0. The molecule has 2 aromatic heterocycles. The van der Waals surface area contributed by atoms with Crippen molar-refractivity contribution in [2.75, 3.05) is 6.54 Å². The lowest BCUT2D eigenvalue weighted by Gasteiger charge is -2.27. The predicted molar refractivity (Wildman–Crippen MR) is 141 cm³/mol. The molecule has 0 atom stereocenters. The summed E-state index contributed by atoms with van der Waals surface area (Å²) in [5.74, 6) is 0.702. The molecule has 3 aromatic carbocycles. The Morgan fingerprint density at radius 3 is 2.47 bits per heavy atom. The number of hydrogen-bond acceptors (Lipinski definition) is 5. The highest BCUT2D eigenvalue weighted by molar-refractivity contribution is 7.90. The molecule has 0 N–H and O–H groups in total. The van der Waals surface area contributed by atoms with Crippen molar-refractivity contribution < 1.29 is 8.42 Å². The molecule has 5 aromatic rings. The Labute approximate surface area is 214 Å². The van der Waals surface area contributed by atoms with E-state index in [1.54, 1.807) is 30.5 Å². The van der Waals surface area contributed by atoms with Crippen molar-refractivity contribution in [3.63, 3.8) is 0 Å². The maximum atomic E-state index is 13.4. The summed E-state index contributed by atoms with van der Waals surface area (Å²) in [6.45, 7) is 2.17. The van der Waals surface area contributed by atoms with Gasteiger partial charge in [0.1, 0.15) is 0 Å². The van der Waals surface area contributed by atoms with Crippen LogP contribution in [0.2, 0.25) is 5.02 Å². The second kappa shape index (κ2) is 9.17. The van der Waals surface area contributed by atoms with Crippen molar-refractivity contribution in [2.24, 2.45) is 0 Å². The fourth-order valence-electron chi connectivity index (χ4n) is 4.74. The van der Waals surface area contributed by atoms with Crippen LogP contribution in [0.4, 0.5) is 0 Å². The van der Waals surface area contributed by atoms with E-state index in [1.807, 2.05) is 60.8 Å². The Morgan fingerprint density at radius 2 is 1.67 bits per heavy atom. The van der Waals surface area contributed by atoms with Crippen molar-refractivity contribution in [1.29, 1.82) is 0 Å². The van der Waals surface area contributed by atoms with Crippen LogP contribution in [0.3, 0.4) is 0 Å². The molecular weight excluding hydrogens is 492 g/mol. The first-order valence-corrected chi connectivity index (χ1v) is 13.5. The van der Waals surface area contributed by atoms with Crippen LogP contribution in [0.25, 0.3) is 22.3 Å². The summed E-state index contributed by atoms with van der Waals surface area (Å²) in [7, 11) is -3.70. The summed E-state index contributed by atoms with van der Waals surface area (Å²) >= 11 is 6.01. The monoisotopic (exact) mass is 514 g/mol. The molecule has 0 amide bonds. The first-order valence-electron chi connectivity index (χ1n) is 11.7. The molecule has 0 unspecified atom stereocenters. The Balaban J connectivity index is 1.28. The SMILES string of the molecule is O=S(=O)(c1ccccc1)n1cc(CN2CCc3nc(-c4ccc(Cl)cc4)ncc3C2)c2ccccc21. The molecule has 0 spiro atoms. The number of fused-ring (bicyclic) bond motifs is 2. The first kappa shape index (κ1) is 22.9. The van der Waals surface area contributed by atoms with Gasteiger partial charge < -0.3 is 0 Å². The third-order valence-electron chi connectivity index (χ3n) is 6.57. The minimum atomic E-state index is -3.70. The van der Waals surface area contributed by atoms with E-state index in [1.165, 1.54) is 3.97 Å². The van der Waals surface area contributed by atoms with Crippen LogP contribution >= 0.6 is 11.6 Å². The van der Waals surface area contributed by atoms with Crippen LogP contribution < -0.4 is 0 Å². The van der Waals surface area contributed by atoms with Crippen LogP contribution in [0, 0.1) is 0 Å². The quantitative estimate of drug-likeness (QED) is 0.308. The normalized spacial score (nSPS) is 14.1. The molecule has 1 aliphatic rings. The van der Waals surface area contributed by atoms with Gasteiger partial charge >= 0.3 is 0 Å². The Kier molecular flexibility index (Phi) is 5.84. The average molecular weight is 515 g/mol. The van der Waals surface area contributed by atoms with Gasteiger partial charge in [-0.15, -0.1) is 0 Å². The fraction of sp³-hybridized carbons (Fsp3) is 0.143. The lowest BCUT2D eigenvalue weighted by atomic mass is 10.1. The summed E-state index contributed by atoms with van der Waals surface area (Å²) in [5, 5.41) is 1.63. The summed E-state index contributed by atoms with van der Waals surface area (Å²) in [6, 6.07) is 23.8. The van der Waals surface area contributed by atoms with Crippen molar-refractivity contribution in [3.8, 4) is 11.4 Å². The summed E-state index contributed by atoms with van der Waals surface area (Å²) < 4.78 is 28.2. The van der Waals surface area contributed by atoms with Gasteiger partial charge in [0, 0.05) is 60.0 Å². The van der Waals surface area contributed by atoms with E-state index in [9.17, 15) is 8.42 Å². The molecule has 8 heteroatoms. The third-order valence-corrected chi connectivity index (χ3v) is 8.51. The molecule has 0 fully saturated rings. The minimum Gasteiger partial charge on any atom is -0.294 e. The lowest BCUT2D eigenvalue weighted by molar-refractivity contribution is 0.244. The molecule has 0 aliphatic carbocycles. The molecular formula is C28H23ClN4O2S. The van der Waals surface area contributed by atoms with E-state index in [0.717, 1.165) is 40.7 Å². The Morgan fingerprint density at radius 1 is 0.917 bits per heavy atom. The van der Waals surface area contributed by atoms with Crippen LogP contribution in [0.15, 0.2) is 96.2 Å². The zero-order chi connectivity index (χ0) is 24.7. The highest BCUT2D eigenvalue weighted by atomic mass is 35.5. The van der Waals surface area contributed by atoms with Gasteiger partial charge in [0.2, 0.25) is 0 Å². The van der Waals surface area contributed by atoms with E-state index in [0.29, 0.717) is 29.5 Å². The molecule has 0 bridgehead atoms. The Hall–Kier alpha value is -3.52. The molecule has 36 heavy (non-hydrogen) atoms. The van der Waals surface area contributed by atoms with Crippen molar-refractivity contribution in [2.45, 2.75) is 24.4 Å². The van der Waals surface area contributed by atoms with Crippen LogP contribution in [-0.2, 0) is 29.5 Å².